The normalized spacial score (nSPS) is 13.3. The molecule has 20 heavy (non-hydrogen) atoms. The van der Waals surface area contributed by atoms with Crippen LogP contribution in [0.4, 0.5) is 0 Å². The number of aromatic nitrogens is 2. The fraction of sp³-hybridized carbons (Fsp3) is 0.308. The van der Waals surface area contributed by atoms with Gasteiger partial charge in [-0.1, -0.05) is 30.3 Å². The molecule has 7 heteroatoms. The summed E-state index contributed by atoms with van der Waals surface area (Å²) in [5.74, 6) is 0.522. The van der Waals surface area contributed by atoms with Crippen molar-refractivity contribution in [1.82, 2.24) is 14.7 Å². The second-order valence-electron chi connectivity index (χ2n) is 4.52. The van der Waals surface area contributed by atoms with Gasteiger partial charge in [-0.15, -0.1) is 0 Å². The van der Waals surface area contributed by atoms with Crippen LogP contribution in [0.25, 0.3) is 0 Å². The zero-order valence-electron chi connectivity index (χ0n) is 11.1. The summed E-state index contributed by atoms with van der Waals surface area (Å²) >= 11 is 0. The minimum absolute atomic E-state index is 0.00140. The van der Waals surface area contributed by atoms with Crippen LogP contribution in [0.3, 0.4) is 0 Å². The van der Waals surface area contributed by atoms with Crippen molar-refractivity contribution in [3.8, 4) is 0 Å². The lowest BCUT2D eigenvalue weighted by molar-refractivity contribution is 0.256. The fourth-order valence-electron chi connectivity index (χ4n) is 1.86. The van der Waals surface area contributed by atoms with Crippen LogP contribution in [0, 0.1) is 6.92 Å². The molecule has 2 rings (SSSR count). The molecule has 1 aromatic heterocycles. The number of H-pyrrole nitrogens is 1. The molecule has 0 bridgehead atoms. The summed E-state index contributed by atoms with van der Waals surface area (Å²) in [5, 5.41) is 9.35. The second kappa shape index (κ2) is 6.17. The number of nitrogens with zero attached hydrogens (tertiary/aromatic N) is 1. The molecule has 0 spiro atoms. The van der Waals surface area contributed by atoms with E-state index in [0.29, 0.717) is 12.2 Å². The Morgan fingerprint density at radius 3 is 2.60 bits per heavy atom. The second-order valence-corrected chi connectivity index (χ2v) is 6.21. The maximum Gasteiger partial charge on any atom is 0.257 e. The highest BCUT2D eigenvalue weighted by Crippen LogP contribution is 2.08. The summed E-state index contributed by atoms with van der Waals surface area (Å²) in [6.45, 7) is 1.40. The van der Waals surface area contributed by atoms with Gasteiger partial charge >= 0.3 is 0 Å². The van der Waals surface area contributed by atoms with Gasteiger partial charge in [-0.2, -0.15) is 0 Å². The molecule has 6 nitrogen and oxygen atoms in total. The zero-order valence-corrected chi connectivity index (χ0v) is 11.9. The van der Waals surface area contributed by atoms with Gasteiger partial charge < -0.3 is 10.1 Å². The molecule has 1 atom stereocenters. The summed E-state index contributed by atoms with van der Waals surface area (Å²) in [4.78, 5) is 6.53. The van der Waals surface area contributed by atoms with E-state index in [2.05, 4.69) is 14.7 Å². The molecule has 2 aromatic rings. The van der Waals surface area contributed by atoms with Crippen LogP contribution in [0.15, 0.2) is 41.6 Å². The number of benzene rings is 1. The van der Waals surface area contributed by atoms with Gasteiger partial charge in [-0.3, -0.25) is 0 Å². The van der Waals surface area contributed by atoms with Crippen molar-refractivity contribution in [3.63, 3.8) is 0 Å². The van der Waals surface area contributed by atoms with Gasteiger partial charge in [0.1, 0.15) is 5.82 Å². The molecule has 0 aliphatic carbocycles. The van der Waals surface area contributed by atoms with Gasteiger partial charge in [-0.25, -0.2) is 18.1 Å². The lowest BCUT2D eigenvalue weighted by Crippen LogP contribution is -2.39. The molecule has 0 fully saturated rings. The monoisotopic (exact) mass is 295 g/mol. The molecule has 3 N–H and O–H groups in total. The number of aromatic amines is 1. The largest absolute Gasteiger partial charge is 0.395 e. The highest BCUT2D eigenvalue weighted by molar-refractivity contribution is 7.89. The number of imidazole rings is 1. The molecule has 0 radical (unpaired) electrons. The Labute approximate surface area is 117 Å². The maximum atomic E-state index is 12.1. The minimum Gasteiger partial charge on any atom is -0.395 e. The number of hydrogen-bond donors (Lipinski definition) is 3. The highest BCUT2D eigenvalue weighted by Gasteiger charge is 2.21. The van der Waals surface area contributed by atoms with Crippen LogP contribution in [0.2, 0.25) is 0 Å². The Kier molecular flexibility index (Phi) is 4.53. The van der Waals surface area contributed by atoms with Crippen molar-refractivity contribution in [2.24, 2.45) is 0 Å². The SMILES string of the molecule is Cc1ncc(S(=O)(=O)N[C@H](CO)Cc2ccccc2)[nH]1. The Bertz CT molecular complexity index is 653. The lowest BCUT2D eigenvalue weighted by Gasteiger charge is -2.15. The predicted molar refractivity (Wildman–Crippen MR) is 74.7 cm³/mol. The van der Waals surface area contributed by atoms with E-state index in [1.807, 2.05) is 30.3 Å². The summed E-state index contributed by atoms with van der Waals surface area (Å²) in [6, 6.07) is 8.82. The Balaban J connectivity index is 2.10. The number of aliphatic hydroxyl groups excluding tert-OH is 1. The molecular weight excluding hydrogens is 278 g/mol. The molecule has 0 aliphatic heterocycles. The van der Waals surface area contributed by atoms with Crippen molar-refractivity contribution < 1.29 is 13.5 Å². The summed E-state index contributed by atoms with van der Waals surface area (Å²) in [7, 11) is -3.70. The van der Waals surface area contributed by atoms with E-state index in [9.17, 15) is 13.5 Å². The van der Waals surface area contributed by atoms with Gasteiger partial charge in [0.25, 0.3) is 10.0 Å². The third kappa shape index (κ3) is 3.66. The van der Waals surface area contributed by atoms with E-state index in [0.717, 1.165) is 5.56 Å². The minimum atomic E-state index is -3.70. The first kappa shape index (κ1) is 14.7. The Morgan fingerprint density at radius 2 is 2.05 bits per heavy atom. The standard InChI is InChI=1S/C13H17N3O3S/c1-10-14-8-13(15-10)20(18,19)16-12(9-17)7-11-5-3-2-4-6-11/h2-6,8,12,16-17H,7,9H2,1H3,(H,14,15)/t12-/m0/s1. The van der Waals surface area contributed by atoms with Crippen molar-refractivity contribution >= 4 is 10.0 Å². The van der Waals surface area contributed by atoms with Gasteiger partial charge in [0, 0.05) is 6.04 Å². The quantitative estimate of drug-likeness (QED) is 0.727. The van der Waals surface area contributed by atoms with Crippen LogP contribution in [0.5, 0.6) is 0 Å². The zero-order chi connectivity index (χ0) is 14.6. The van der Waals surface area contributed by atoms with Crippen molar-refractivity contribution in [2.45, 2.75) is 24.4 Å². The van der Waals surface area contributed by atoms with E-state index >= 15 is 0 Å². The van der Waals surface area contributed by atoms with Crippen LogP contribution >= 0.6 is 0 Å². The molecule has 1 aromatic carbocycles. The van der Waals surface area contributed by atoms with Crippen molar-refractivity contribution in [3.05, 3.63) is 47.9 Å². The van der Waals surface area contributed by atoms with E-state index in [-0.39, 0.29) is 11.6 Å². The Hall–Kier alpha value is -1.70. The van der Waals surface area contributed by atoms with E-state index in [1.165, 1.54) is 6.20 Å². The van der Waals surface area contributed by atoms with E-state index in [4.69, 9.17) is 0 Å². The molecule has 0 aliphatic rings. The van der Waals surface area contributed by atoms with Crippen LogP contribution in [0.1, 0.15) is 11.4 Å². The van der Waals surface area contributed by atoms with Crippen molar-refractivity contribution in [2.75, 3.05) is 6.61 Å². The van der Waals surface area contributed by atoms with Gasteiger partial charge in [-0.05, 0) is 18.9 Å². The van der Waals surface area contributed by atoms with Crippen LogP contribution in [-0.4, -0.2) is 36.1 Å². The summed E-state index contributed by atoms with van der Waals surface area (Å²) in [6.07, 6.45) is 1.68. The van der Waals surface area contributed by atoms with E-state index < -0.39 is 16.1 Å². The topological polar surface area (TPSA) is 95.1 Å². The molecular formula is C13H17N3O3S. The molecule has 0 amide bonds. The maximum absolute atomic E-state index is 12.1. The number of hydrogen-bond acceptors (Lipinski definition) is 4. The number of aryl methyl sites for hydroxylation is 1. The third-order valence-corrected chi connectivity index (χ3v) is 4.27. The van der Waals surface area contributed by atoms with Crippen LogP contribution < -0.4 is 4.72 Å². The number of rotatable bonds is 6. The molecule has 0 unspecified atom stereocenters. The fourth-order valence-corrected chi connectivity index (χ4v) is 3.06. The first-order valence-electron chi connectivity index (χ1n) is 6.20. The van der Waals surface area contributed by atoms with Gasteiger partial charge in [0.2, 0.25) is 0 Å². The first-order chi connectivity index (χ1) is 9.51. The average Bonchev–Trinajstić information content (AvgIpc) is 2.86. The highest BCUT2D eigenvalue weighted by atomic mass is 32.2. The predicted octanol–water partition coefficient (Wildman–Crippen LogP) is 0.600. The number of sulfonamides is 1. The first-order valence-corrected chi connectivity index (χ1v) is 7.68. The lowest BCUT2D eigenvalue weighted by atomic mass is 10.1. The third-order valence-electron chi connectivity index (χ3n) is 2.84. The average molecular weight is 295 g/mol. The summed E-state index contributed by atoms with van der Waals surface area (Å²) in [5.41, 5.74) is 0.954. The number of aliphatic hydroxyl groups is 1. The van der Waals surface area contributed by atoms with E-state index in [1.54, 1.807) is 6.92 Å². The van der Waals surface area contributed by atoms with Crippen molar-refractivity contribution in [1.29, 1.82) is 0 Å². The Morgan fingerprint density at radius 1 is 1.35 bits per heavy atom. The molecule has 108 valence electrons. The molecule has 0 saturated heterocycles. The van der Waals surface area contributed by atoms with Gasteiger partial charge in [0.15, 0.2) is 5.03 Å². The number of nitrogens with one attached hydrogen (secondary N) is 2. The molecule has 1 heterocycles. The smallest absolute Gasteiger partial charge is 0.257 e. The van der Waals surface area contributed by atoms with Gasteiger partial charge in [0.05, 0.1) is 12.8 Å². The summed E-state index contributed by atoms with van der Waals surface area (Å²) < 4.78 is 26.7. The van der Waals surface area contributed by atoms with Crippen LogP contribution in [-0.2, 0) is 16.4 Å². The molecule has 0 saturated carbocycles.